The van der Waals surface area contributed by atoms with Gasteiger partial charge in [-0.05, 0) is 62.9 Å². The van der Waals surface area contributed by atoms with Crippen molar-refractivity contribution in [2.24, 2.45) is 0 Å². The van der Waals surface area contributed by atoms with Gasteiger partial charge in [-0.2, -0.15) is 0 Å². The zero-order chi connectivity index (χ0) is 23.4. The summed E-state index contributed by atoms with van der Waals surface area (Å²) in [6.07, 6.45) is 2.45. The lowest BCUT2D eigenvalue weighted by molar-refractivity contribution is -0.144. The van der Waals surface area contributed by atoms with E-state index in [2.05, 4.69) is 5.32 Å². The first-order valence-corrected chi connectivity index (χ1v) is 11.6. The van der Waals surface area contributed by atoms with E-state index >= 15 is 0 Å². The molecule has 0 radical (unpaired) electrons. The minimum absolute atomic E-state index is 0.0335. The number of piperidine rings is 1. The summed E-state index contributed by atoms with van der Waals surface area (Å²) in [6.45, 7) is 3.27. The lowest BCUT2D eigenvalue weighted by Gasteiger charge is -2.40. The number of carbonyl (C=O) groups excluding carboxylic acids is 2. The molecule has 176 valence electrons. The zero-order valence-electron chi connectivity index (χ0n) is 18.6. The molecule has 8 heteroatoms. The number of hydrogen-bond acceptors (Lipinski definition) is 4. The molecule has 2 fully saturated rings. The van der Waals surface area contributed by atoms with E-state index < -0.39 is 17.8 Å². The molecule has 6 nitrogen and oxygen atoms in total. The summed E-state index contributed by atoms with van der Waals surface area (Å²) >= 11 is 5.99. The van der Waals surface area contributed by atoms with Crippen molar-refractivity contribution in [2.45, 2.75) is 50.4 Å². The molecule has 2 amide bonds. The van der Waals surface area contributed by atoms with Gasteiger partial charge in [0, 0.05) is 24.7 Å². The third kappa shape index (κ3) is 5.65. The summed E-state index contributed by atoms with van der Waals surface area (Å²) in [7, 11) is 0. The Morgan fingerprint density at radius 2 is 1.97 bits per heavy atom. The Morgan fingerprint density at radius 3 is 2.70 bits per heavy atom. The van der Waals surface area contributed by atoms with Crippen LogP contribution in [0.2, 0.25) is 5.02 Å². The Morgan fingerprint density at radius 1 is 1.21 bits per heavy atom. The summed E-state index contributed by atoms with van der Waals surface area (Å²) in [5.74, 6) is -0.469. The van der Waals surface area contributed by atoms with Crippen LogP contribution < -0.4 is 10.1 Å². The fourth-order valence-electron chi connectivity index (χ4n) is 4.54. The molecular formula is C25H28ClFN2O4. The summed E-state index contributed by atoms with van der Waals surface area (Å²) in [5.41, 5.74) is -0.243. The number of ether oxygens (including phenoxy) is 2. The monoisotopic (exact) mass is 474 g/mol. The number of carbonyl (C=O) groups is 2. The number of rotatable bonds is 6. The third-order valence-electron chi connectivity index (χ3n) is 6.39. The highest BCUT2D eigenvalue weighted by Gasteiger charge is 2.43. The number of nitrogens with one attached hydrogen (secondary N) is 1. The lowest BCUT2D eigenvalue weighted by atomic mass is 9.88. The normalized spacial score (nSPS) is 20.5. The molecule has 0 saturated carbocycles. The first kappa shape index (κ1) is 23.5. The van der Waals surface area contributed by atoms with Crippen molar-refractivity contribution in [1.82, 2.24) is 10.2 Å². The SMILES string of the molecule is C[C@@H](Oc1cccc(Cl)c1)C(=O)N1CCC2(CC[C@@H](CNC(=O)c3ccccc3F)O2)CC1. The number of amides is 2. The molecule has 4 rings (SSSR count). The molecule has 2 aromatic carbocycles. The second-order valence-electron chi connectivity index (χ2n) is 8.69. The van der Waals surface area contributed by atoms with Gasteiger partial charge >= 0.3 is 0 Å². The molecule has 0 bridgehead atoms. The van der Waals surface area contributed by atoms with Crippen LogP contribution >= 0.6 is 11.6 Å². The van der Waals surface area contributed by atoms with Crippen LogP contribution in [-0.2, 0) is 9.53 Å². The van der Waals surface area contributed by atoms with Gasteiger partial charge in [-0.25, -0.2) is 4.39 Å². The van der Waals surface area contributed by atoms with Gasteiger partial charge in [-0.3, -0.25) is 9.59 Å². The second kappa shape index (κ2) is 10.1. The maximum absolute atomic E-state index is 13.8. The van der Waals surface area contributed by atoms with Crippen LogP contribution in [-0.4, -0.2) is 54.2 Å². The van der Waals surface area contributed by atoms with Crippen molar-refractivity contribution in [3.63, 3.8) is 0 Å². The van der Waals surface area contributed by atoms with Crippen LogP contribution in [0.15, 0.2) is 48.5 Å². The number of nitrogens with zero attached hydrogens (tertiary/aromatic N) is 1. The van der Waals surface area contributed by atoms with Gasteiger partial charge in [0.1, 0.15) is 11.6 Å². The Bertz CT molecular complexity index is 1010. The van der Waals surface area contributed by atoms with Gasteiger partial charge in [0.25, 0.3) is 11.8 Å². The maximum atomic E-state index is 13.8. The van der Waals surface area contributed by atoms with Crippen molar-refractivity contribution in [3.05, 3.63) is 64.9 Å². The van der Waals surface area contributed by atoms with Gasteiger partial charge in [0.15, 0.2) is 6.10 Å². The molecule has 0 unspecified atom stereocenters. The number of halogens is 2. The van der Waals surface area contributed by atoms with E-state index in [-0.39, 0.29) is 23.2 Å². The smallest absolute Gasteiger partial charge is 0.263 e. The molecule has 2 atom stereocenters. The second-order valence-corrected chi connectivity index (χ2v) is 9.13. The van der Waals surface area contributed by atoms with Crippen molar-refractivity contribution in [2.75, 3.05) is 19.6 Å². The van der Waals surface area contributed by atoms with Crippen molar-refractivity contribution < 1.29 is 23.5 Å². The Balaban J connectivity index is 1.24. The number of likely N-dealkylation sites (tertiary alicyclic amines) is 1. The Kier molecular flexibility index (Phi) is 7.20. The summed E-state index contributed by atoms with van der Waals surface area (Å²) in [4.78, 5) is 26.9. The van der Waals surface area contributed by atoms with E-state index in [1.807, 2.05) is 4.90 Å². The quantitative estimate of drug-likeness (QED) is 0.680. The van der Waals surface area contributed by atoms with Crippen LogP contribution in [0.3, 0.4) is 0 Å². The standard InChI is InChI=1S/C25H28ClFN2O4/c1-17(32-19-6-4-5-18(26)15-19)24(31)29-13-11-25(12-14-29)10-9-20(33-25)16-28-23(30)21-7-2-3-8-22(21)27/h2-8,15,17,20H,9-14,16H2,1H3,(H,28,30)/t17-,20+/m1/s1. The van der Waals surface area contributed by atoms with Gasteiger partial charge in [-0.15, -0.1) is 0 Å². The predicted octanol–water partition coefficient (Wildman–Crippen LogP) is 4.22. The molecular weight excluding hydrogens is 447 g/mol. The average Bonchev–Trinajstić information content (AvgIpc) is 3.20. The summed E-state index contributed by atoms with van der Waals surface area (Å²) in [5, 5.41) is 3.34. The van der Waals surface area contributed by atoms with E-state index in [4.69, 9.17) is 21.1 Å². The van der Waals surface area contributed by atoms with E-state index in [1.54, 1.807) is 43.3 Å². The zero-order valence-corrected chi connectivity index (χ0v) is 19.3. The van der Waals surface area contributed by atoms with Crippen LogP contribution in [0.1, 0.15) is 43.0 Å². The highest BCUT2D eigenvalue weighted by Crippen LogP contribution is 2.39. The largest absolute Gasteiger partial charge is 0.481 e. The molecule has 2 saturated heterocycles. The van der Waals surface area contributed by atoms with E-state index in [1.165, 1.54) is 12.1 Å². The van der Waals surface area contributed by atoms with Crippen LogP contribution in [0.5, 0.6) is 5.75 Å². The molecule has 33 heavy (non-hydrogen) atoms. The summed E-state index contributed by atoms with van der Waals surface area (Å²) in [6, 6.07) is 12.9. The first-order valence-electron chi connectivity index (χ1n) is 11.3. The molecule has 1 spiro atoms. The predicted molar refractivity (Wildman–Crippen MR) is 123 cm³/mol. The van der Waals surface area contributed by atoms with Crippen molar-refractivity contribution >= 4 is 23.4 Å². The van der Waals surface area contributed by atoms with Gasteiger partial charge in [0.05, 0.1) is 17.3 Å². The first-order chi connectivity index (χ1) is 15.8. The van der Waals surface area contributed by atoms with Gasteiger partial charge in [0.2, 0.25) is 0 Å². The maximum Gasteiger partial charge on any atom is 0.263 e. The number of benzene rings is 2. The molecule has 0 aromatic heterocycles. The minimum Gasteiger partial charge on any atom is -0.481 e. The van der Waals surface area contributed by atoms with Crippen molar-refractivity contribution in [1.29, 1.82) is 0 Å². The van der Waals surface area contributed by atoms with Gasteiger partial charge in [-0.1, -0.05) is 29.8 Å². The van der Waals surface area contributed by atoms with Crippen LogP contribution in [0.4, 0.5) is 4.39 Å². The molecule has 2 aromatic rings. The fourth-order valence-corrected chi connectivity index (χ4v) is 4.72. The Hall–Kier alpha value is -2.64. The van der Waals surface area contributed by atoms with Crippen LogP contribution in [0, 0.1) is 5.82 Å². The highest BCUT2D eigenvalue weighted by atomic mass is 35.5. The highest BCUT2D eigenvalue weighted by molar-refractivity contribution is 6.30. The molecule has 1 N–H and O–H groups in total. The topological polar surface area (TPSA) is 67.9 Å². The molecule has 2 aliphatic rings. The number of hydrogen-bond donors (Lipinski definition) is 1. The van der Waals surface area contributed by atoms with Crippen LogP contribution in [0.25, 0.3) is 0 Å². The van der Waals surface area contributed by atoms with Gasteiger partial charge < -0.3 is 19.7 Å². The Labute approximate surface area is 198 Å². The van der Waals surface area contributed by atoms with E-state index in [9.17, 15) is 14.0 Å². The lowest BCUT2D eigenvalue weighted by Crippen LogP contribution is -2.50. The average molecular weight is 475 g/mol. The summed E-state index contributed by atoms with van der Waals surface area (Å²) < 4.78 is 25.9. The molecule has 0 aliphatic carbocycles. The minimum atomic E-state index is -0.608. The molecule has 2 heterocycles. The molecule has 2 aliphatic heterocycles. The van der Waals surface area contributed by atoms with E-state index in [0.29, 0.717) is 30.4 Å². The van der Waals surface area contributed by atoms with E-state index in [0.717, 1.165) is 25.7 Å². The van der Waals surface area contributed by atoms with Crippen molar-refractivity contribution in [3.8, 4) is 5.75 Å². The third-order valence-corrected chi connectivity index (χ3v) is 6.63. The fraction of sp³-hybridized carbons (Fsp3) is 0.440.